The zero-order valence-corrected chi connectivity index (χ0v) is 13.0. The number of amides is 1. The van der Waals surface area contributed by atoms with Crippen molar-refractivity contribution in [3.8, 4) is 0 Å². The average Bonchev–Trinajstić information content (AvgIpc) is 3.20. The minimum absolute atomic E-state index is 0.0442. The van der Waals surface area contributed by atoms with Crippen LogP contribution in [0.1, 0.15) is 26.7 Å². The van der Waals surface area contributed by atoms with Gasteiger partial charge in [0, 0.05) is 16.8 Å². The van der Waals surface area contributed by atoms with Crippen molar-refractivity contribution in [3.05, 3.63) is 76.1 Å². The molecule has 0 atom stereocenters. The normalized spacial score (nSPS) is 10.6. The Labute approximate surface area is 133 Å². The van der Waals surface area contributed by atoms with E-state index >= 15 is 0 Å². The van der Waals surface area contributed by atoms with Crippen LogP contribution in [0.15, 0.2) is 58.7 Å². The highest BCUT2D eigenvalue weighted by molar-refractivity contribution is 7.09. The lowest BCUT2D eigenvalue weighted by Crippen LogP contribution is -2.29. The molecule has 0 bridgehead atoms. The van der Waals surface area contributed by atoms with Gasteiger partial charge in [0.1, 0.15) is 5.76 Å². The summed E-state index contributed by atoms with van der Waals surface area (Å²) in [5, 5.41) is 2.01. The molecule has 0 N–H and O–H groups in total. The maximum absolute atomic E-state index is 12.8. The molecule has 3 rings (SSSR count). The fourth-order valence-electron chi connectivity index (χ4n) is 2.16. The second kappa shape index (κ2) is 6.58. The SMILES string of the molecule is Cc1ccc(C(=O)N(Cc2ccco2)Cc2cccs2)cn1. The molecule has 5 heteroatoms. The Kier molecular flexibility index (Phi) is 4.34. The van der Waals surface area contributed by atoms with Gasteiger partial charge in [-0.15, -0.1) is 11.3 Å². The van der Waals surface area contributed by atoms with E-state index in [-0.39, 0.29) is 5.91 Å². The van der Waals surface area contributed by atoms with E-state index in [2.05, 4.69) is 4.98 Å². The van der Waals surface area contributed by atoms with Gasteiger partial charge in [0.25, 0.3) is 5.91 Å². The summed E-state index contributed by atoms with van der Waals surface area (Å²) in [6.45, 7) is 2.91. The summed E-state index contributed by atoms with van der Waals surface area (Å²) in [6, 6.07) is 11.4. The smallest absolute Gasteiger partial charge is 0.256 e. The first kappa shape index (κ1) is 14.5. The second-order valence-corrected chi connectivity index (χ2v) is 6.04. The molecular formula is C17H16N2O2S. The summed E-state index contributed by atoms with van der Waals surface area (Å²) in [4.78, 5) is 19.9. The van der Waals surface area contributed by atoms with Gasteiger partial charge in [-0.2, -0.15) is 0 Å². The number of furan rings is 1. The standard InChI is InChI=1S/C17H16N2O2S/c1-13-6-7-14(10-18-13)17(20)19(11-15-4-2-8-21-15)12-16-5-3-9-22-16/h2-10H,11-12H2,1H3. The Morgan fingerprint density at radius 2 is 2.14 bits per heavy atom. The molecule has 1 amide bonds. The summed E-state index contributed by atoms with van der Waals surface area (Å²) < 4.78 is 5.38. The number of aryl methyl sites for hydroxylation is 1. The molecule has 0 fully saturated rings. The molecular weight excluding hydrogens is 296 g/mol. The van der Waals surface area contributed by atoms with Crippen LogP contribution in [0, 0.1) is 6.92 Å². The first-order valence-electron chi connectivity index (χ1n) is 6.99. The van der Waals surface area contributed by atoms with Crippen molar-refractivity contribution in [2.24, 2.45) is 0 Å². The van der Waals surface area contributed by atoms with E-state index in [1.807, 2.05) is 48.7 Å². The topological polar surface area (TPSA) is 46.3 Å². The molecule has 3 aromatic rings. The summed E-state index contributed by atoms with van der Waals surface area (Å²) in [5.41, 5.74) is 1.49. The fourth-order valence-corrected chi connectivity index (χ4v) is 2.88. The van der Waals surface area contributed by atoms with Gasteiger partial charge in [-0.05, 0) is 42.6 Å². The summed E-state index contributed by atoms with van der Waals surface area (Å²) in [5.74, 6) is 0.724. The van der Waals surface area contributed by atoms with Gasteiger partial charge >= 0.3 is 0 Å². The zero-order chi connectivity index (χ0) is 15.4. The monoisotopic (exact) mass is 312 g/mol. The number of aromatic nitrogens is 1. The quantitative estimate of drug-likeness (QED) is 0.718. The van der Waals surface area contributed by atoms with Crippen LogP contribution in [0.4, 0.5) is 0 Å². The fraction of sp³-hybridized carbons (Fsp3) is 0.176. The third kappa shape index (κ3) is 3.43. The van der Waals surface area contributed by atoms with Crippen LogP contribution >= 0.6 is 11.3 Å². The van der Waals surface area contributed by atoms with Gasteiger partial charge in [-0.25, -0.2) is 0 Å². The molecule has 22 heavy (non-hydrogen) atoms. The van der Waals surface area contributed by atoms with Crippen molar-refractivity contribution in [2.75, 3.05) is 0 Å². The number of carbonyl (C=O) groups excluding carboxylic acids is 1. The third-order valence-corrected chi connectivity index (χ3v) is 4.16. The maximum atomic E-state index is 12.8. The van der Waals surface area contributed by atoms with Gasteiger partial charge < -0.3 is 9.32 Å². The van der Waals surface area contributed by atoms with E-state index in [1.165, 1.54) is 0 Å². The van der Waals surface area contributed by atoms with Crippen molar-refractivity contribution in [3.63, 3.8) is 0 Å². The van der Waals surface area contributed by atoms with Crippen LogP contribution < -0.4 is 0 Å². The van der Waals surface area contributed by atoms with Gasteiger partial charge in [0.2, 0.25) is 0 Å². The van der Waals surface area contributed by atoms with Crippen LogP contribution in [0.25, 0.3) is 0 Å². The van der Waals surface area contributed by atoms with Crippen molar-refractivity contribution in [1.82, 2.24) is 9.88 Å². The predicted molar refractivity (Wildman–Crippen MR) is 85.6 cm³/mol. The van der Waals surface area contributed by atoms with Gasteiger partial charge in [0.05, 0.1) is 24.9 Å². The van der Waals surface area contributed by atoms with E-state index in [9.17, 15) is 4.79 Å². The van der Waals surface area contributed by atoms with E-state index in [4.69, 9.17) is 4.42 Å². The van der Waals surface area contributed by atoms with Crippen molar-refractivity contribution in [1.29, 1.82) is 0 Å². The Bertz CT molecular complexity index is 682. The lowest BCUT2D eigenvalue weighted by molar-refractivity contribution is 0.0719. The molecule has 0 spiro atoms. The van der Waals surface area contributed by atoms with Crippen LogP contribution in [-0.2, 0) is 13.1 Å². The second-order valence-electron chi connectivity index (χ2n) is 5.01. The van der Waals surface area contributed by atoms with E-state index in [1.54, 1.807) is 28.7 Å². The number of pyridine rings is 1. The molecule has 3 aromatic heterocycles. The molecule has 0 saturated heterocycles. The predicted octanol–water partition coefficient (Wildman–Crippen LogP) is 3.89. The average molecular weight is 312 g/mol. The first-order valence-corrected chi connectivity index (χ1v) is 7.87. The molecule has 0 aromatic carbocycles. The lowest BCUT2D eigenvalue weighted by Gasteiger charge is -2.21. The number of rotatable bonds is 5. The van der Waals surface area contributed by atoms with Crippen LogP contribution in [0.3, 0.4) is 0 Å². The largest absolute Gasteiger partial charge is 0.467 e. The van der Waals surface area contributed by atoms with Gasteiger partial charge in [-0.3, -0.25) is 9.78 Å². The third-order valence-electron chi connectivity index (χ3n) is 3.30. The van der Waals surface area contributed by atoms with E-state index in [0.717, 1.165) is 16.3 Å². The molecule has 0 radical (unpaired) electrons. The molecule has 0 aliphatic rings. The Balaban J connectivity index is 1.83. The molecule has 112 valence electrons. The molecule has 4 nitrogen and oxygen atoms in total. The number of carbonyl (C=O) groups is 1. The maximum Gasteiger partial charge on any atom is 0.256 e. The Morgan fingerprint density at radius 1 is 1.23 bits per heavy atom. The molecule has 3 heterocycles. The molecule has 0 aliphatic heterocycles. The van der Waals surface area contributed by atoms with Crippen LogP contribution in [-0.4, -0.2) is 15.8 Å². The number of thiophene rings is 1. The van der Waals surface area contributed by atoms with Crippen LogP contribution in [0.2, 0.25) is 0 Å². The Hall–Kier alpha value is -2.40. The molecule has 0 aliphatic carbocycles. The van der Waals surface area contributed by atoms with E-state index in [0.29, 0.717) is 18.7 Å². The van der Waals surface area contributed by atoms with Crippen molar-refractivity contribution >= 4 is 17.2 Å². The number of hydrogen-bond acceptors (Lipinski definition) is 4. The number of hydrogen-bond donors (Lipinski definition) is 0. The molecule has 0 saturated carbocycles. The van der Waals surface area contributed by atoms with Crippen LogP contribution in [0.5, 0.6) is 0 Å². The molecule has 0 unspecified atom stereocenters. The minimum atomic E-state index is -0.0442. The summed E-state index contributed by atoms with van der Waals surface area (Å²) >= 11 is 1.64. The van der Waals surface area contributed by atoms with Gasteiger partial charge in [0.15, 0.2) is 0 Å². The lowest BCUT2D eigenvalue weighted by atomic mass is 10.2. The van der Waals surface area contributed by atoms with Gasteiger partial charge in [-0.1, -0.05) is 6.07 Å². The summed E-state index contributed by atoms with van der Waals surface area (Å²) in [6.07, 6.45) is 3.25. The van der Waals surface area contributed by atoms with Crippen molar-refractivity contribution < 1.29 is 9.21 Å². The first-order chi connectivity index (χ1) is 10.7. The summed E-state index contributed by atoms with van der Waals surface area (Å²) in [7, 11) is 0. The Morgan fingerprint density at radius 3 is 2.77 bits per heavy atom. The minimum Gasteiger partial charge on any atom is -0.467 e. The highest BCUT2D eigenvalue weighted by atomic mass is 32.1. The highest BCUT2D eigenvalue weighted by Crippen LogP contribution is 2.17. The highest BCUT2D eigenvalue weighted by Gasteiger charge is 2.18. The number of nitrogens with zero attached hydrogens (tertiary/aromatic N) is 2. The zero-order valence-electron chi connectivity index (χ0n) is 12.2. The van der Waals surface area contributed by atoms with Crippen molar-refractivity contribution in [2.45, 2.75) is 20.0 Å². The van der Waals surface area contributed by atoms with E-state index < -0.39 is 0 Å².